The summed E-state index contributed by atoms with van der Waals surface area (Å²) in [5.74, 6) is 0. The molecule has 0 aromatic carbocycles. The first-order valence-corrected chi connectivity index (χ1v) is 1.16. The minimum Gasteiger partial charge on any atom is -0.370 e. The van der Waals surface area contributed by atoms with Crippen molar-refractivity contribution in [1.29, 1.82) is 0 Å². The Morgan fingerprint density at radius 1 is 1.80 bits per heavy atom. The fraction of sp³-hybridized carbons (Fsp3) is 1.00. The van der Waals surface area contributed by atoms with Crippen LogP contribution in [0.3, 0.4) is 0 Å². The molecule has 5 heavy (non-hydrogen) atoms. The summed E-state index contributed by atoms with van der Waals surface area (Å²) >= 11 is 0. The van der Waals surface area contributed by atoms with Crippen molar-refractivity contribution in [3.05, 3.63) is 0 Å². The lowest BCUT2D eigenvalue weighted by Crippen LogP contribution is -1.74. The number of hydrogen-bond acceptors (Lipinski definition) is 1. The van der Waals surface area contributed by atoms with Crippen molar-refractivity contribution in [3.8, 4) is 0 Å². The predicted molar refractivity (Wildman–Crippen MR) is 20.0 cm³/mol. The zero-order valence-electron chi connectivity index (χ0n) is 10.4. The lowest BCUT2D eigenvalue weighted by atomic mass is 10.4. The van der Waals surface area contributed by atoms with Crippen LogP contribution in [0.4, 0.5) is 0 Å². The van der Waals surface area contributed by atoms with Gasteiger partial charge < -0.3 is 4.74 Å². The average molecular weight is 80.2 g/mol. The molecular weight excluding hydrogens is 64.0 g/mol. The first kappa shape index (κ1) is 0.463. The molecule has 0 spiro atoms. The predicted octanol–water partition coefficient (Wildman–Crippen LogP) is 0.794. The number of hydrogen-bond donors (Lipinski definition) is 0. The fourth-order valence-electron chi connectivity index (χ4n) is 0.0765. The number of ether oxygens (including phenoxy) is 1. The Bertz CT molecular complexity index is 205. The third-order valence-electron chi connectivity index (χ3n) is 0.369. The number of epoxide rings is 1. The van der Waals surface area contributed by atoms with Gasteiger partial charge in [0.2, 0.25) is 0 Å². The molecule has 0 radical (unpaired) electrons. The molecule has 2 atom stereocenters. The van der Waals surface area contributed by atoms with Crippen LogP contribution in [0.1, 0.15) is 24.7 Å². The fourth-order valence-corrected chi connectivity index (χ4v) is 0.0765. The molecule has 1 rings (SSSR count). The molecule has 0 bridgehead atoms. The van der Waals surface area contributed by atoms with Crippen molar-refractivity contribution in [2.75, 3.05) is 0 Å². The molecule has 0 saturated carbocycles. The molecule has 1 saturated heterocycles. The van der Waals surface area contributed by atoms with E-state index < -0.39 is 25.9 Å². The van der Waals surface area contributed by atoms with E-state index in [0.717, 1.165) is 0 Å². The molecule has 1 aliphatic heterocycles. The van der Waals surface area contributed by atoms with Crippen molar-refractivity contribution >= 4 is 0 Å². The Morgan fingerprint density at radius 3 is 2.60 bits per heavy atom. The van der Waals surface area contributed by atoms with Crippen molar-refractivity contribution in [2.45, 2.75) is 25.9 Å². The van der Waals surface area contributed by atoms with E-state index in [4.69, 9.17) is 11.0 Å². The maximum absolute atomic E-state index is 7.17. The van der Waals surface area contributed by atoms with Gasteiger partial charge in [-0.2, -0.15) is 0 Å². The smallest absolute Gasteiger partial charge is 0.0811 e. The van der Waals surface area contributed by atoms with E-state index in [1.165, 1.54) is 0 Å². The van der Waals surface area contributed by atoms with Gasteiger partial charge in [-0.05, 0) is 13.7 Å². The summed E-state index contributed by atoms with van der Waals surface area (Å²) in [5.41, 5.74) is 0. The van der Waals surface area contributed by atoms with E-state index in [9.17, 15) is 0 Å². The van der Waals surface area contributed by atoms with Gasteiger partial charge in [0.05, 0.1) is 14.9 Å². The molecule has 30 valence electrons. The SMILES string of the molecule is [2H]C([2H])([2H])C1([2H])OC1([2H])C([2H])([2H])[2H]. The normalized spacial score (nSPS) is 107. The molecule has 0 aliphatic carbocycles. The van der Waals surface area contributed by atoms with Gasteiger partial charge in [-0.3, -0.25) is 0 Å². The molecule has 1 aliphatic rings. The lowest BCUT2D eigenvalue weighted by Gasteiger charge is -1.57. The topological polar surface area (TPSA) is 12.5 Å². The molecule has 1 nitrogen and oxygen atoms in total. The molecule has 1 heteroatoms. The van der Waals surface area contributed by atoms with Gasteiger partial charge in [0.15, 0.2) is 0 Å². The summed E-state index contributed by atoms with van der Waals surface area (Å²) in [6.07, 6.45) is -5.24. The Labute approximate surface area is 43.2 Å². The third-order valence-corrected chi connectivity index (χ3v) is 0.369. The van der Waals surface area contributed by atoms with E-state index >= 15 is 0 Å². The molecule has 0 aromatic heterocycles. The Hall–Kier alpha value is -0.0400. The molecule has 2 unspecified atom stereocenters. The second-order valence-electron chi connectivity index (χ2n) is 0.760. The van der Waals surface area contributed by atoms with Gasteiger partial charge in [0, 0.05) is 8.22 Å². The average Bonchev–Trinajstić information content (AvgIpc) is 2.34. The summed E-state index contributed by atoms with van der Waals surface area (Å²) in [6.45, 7) is -5.83. The number of rotatable bonds is 0. The van der Waals surface area contributed by atoms with Crippen LogP contribution >= 0.6 is 0 Å². The highest BCUT2D eigenvalue weighted by molar-refractivity contribution is 4.73. The van der Waals surface area contributed by atoms with E-state index in [0.29, 0.717) is 0 Å². The van der Waals surface area contributed by atoms with Crippen LogP contribution in [0.5, 0.6) is 0 Å². The monoisotopic (exact) mass is 80.1 g/mol. The zero-order valence-corrected chi connectivity index (χ0v) is 2.41. The highest BCUT2D eigenvalue weighted by Crippen LogP contribution is 2.18. The van der Waals surface area contributed by atoms with Crippen LogP contribution < -0.4 is 0 Å². The van der Waals surface area contributed by atoms with Crippen molar-refractivity contribution in [3.63, 3.8) is 0 Å². The molecule has 0 N–H and O–H groups in total. The van der Waals surface area contributed by atoms with Gasteiger partial charge >= 0.3 is 0 Å². The first-order chi connectivity index (χ1) is 5.46. The standard InChI is InChI=1S/C4H8O/c1-3-4(2)5-3/h3-4H,1-2H3/i1D3,2D3,3D,4D. The molecule has 0 amide bonds. The Balaban J connectivity index is 2.95. The lowest BCUT2D eigenvalue weighted by molar-refractivity contribution is 0.389. The minimum absolute atomic E-state index is 2.62. The quantitative estimate of drug-likeness (QED) is 0.392. The Kier molecular flexibility index (Phi) is 0.0663. The third kappa shape index (κ3) is 0.428. The molecule has 1 heterocycles. The van der Waals surface area contributed by atoms with Gasteiger partial charge in [-0.1, -0.05) is 0 Å². The van der Waals surface area contributed by atoms with E-state index in [1.807, 2.05) is 0 Å². The summed E-state index contributed by atoms with van der Waals surface area (Å²) < 4.78 is 59.6. The van der Waals surface area contributed by atoms with Crippen LogP contribution in [0.25, 0.3) is 0 Å². The van der Waals surface area contributed by atoms with E-state index in [1.54, 1.807) is 0 Å². The highest BCUT2D eigenvalue weighted by atomic mass is 16.6. The second-order valence-corrected chi connectivity index (χ2v) is 0.760. The van der Waals surface area contributed by atoms with Crippen molar-refractivity contribution in [2.24, 2.45) is 0 Å². The van der Waals surface area contributed by atoms with Gasteiger partial charge in [-0.25, -0.2) is 0 Å². The minimum atomic E-state index is -2.91. The van der Waals surface area contributed by atoms with Gasteiger partial charge in [0.1, 0.15) is 0 Å². The molecule has 0 aromatic rings. The maximum atomic E-state index is 7.17. The second kappa shape index (κ2) is 0.716. The Morgan fingerprint density at radius 2 is 2.40 bits per heavy atom. The van der Waals surface area contributed by atoms with Crippen LogP contribution in [0.2, 0.25) is 0 Å². The zero-order chi connectivity index (χ0) is 10.7. The van der Waals surface area contributed by atoms with Crippen molar-refractivity contribution < 1.29 is 15.7 Å². The van der Waals surface area contributed by atoms with Crippen LogP contribution in [0.15, 0.2) is 0 Å². The summed E-state index contributed by atoms with van der Waals surface area (Å²) in [7, 11) is 0. The van der Waals surface area contributed by atoms with Crippen LogP contribution in [0, 0.1) is 0 Å². The molecule has 1 fully saturated rings. The molecular formula is C4H8O. The van der Waals surface area contributed by atoms with E-state index in [2.05, 4.69) is 4.74 Å². The summed E-state index contributed by atoms with van der Waals surface area (Å²) in [4.78, 5) is 0. The van der Waals surface area contributed by atoms with Crippen molar-refractivity contribution in [1.82, 2.24) is 0 Å². The van der Waals surface area contributed by atoms with E-state index in [-0.39, 0.29) is 0 Å². The highest BCUT2D eigenvalue weighted by Gasteiger charge is 2.27. The van der Waals surface area contributed by atoms with Gasteiger partial charge in [0.25, 0.3) is 0 Å². The van der Waals surface area contributed by atoms with Gasteiger partial charge in [-0.15, -0.1) is 0 Å². The largest absolute Gasteiger partial charge is 0.370 e. The summed E-state index contributed by atoms with van der Waals surface area (Å²) in [6, 6.07) is 0. The maximum Gasteiger partial charge on any atom is 0.0811 e. The first-order valence-electron chi connectivity index (χ1n) is 5.16. The van der Waals surface area contributed by atoms with Crippen LogP contribution in [-0.4, -0.2) is 12.2 Å². The van der Waals surface area contributed by atoms with Crippen LogP contribution in [-0.2, 0) is 4.74 Å². The summed E-state index contributed by atoms with van der Waals surface area (Å²) in [5, 5.41) is 0.